The standard InChI is InChI=1S/C26H34N2O5/c1-4-15-28-21(18-27(26(28)31)17-20-8-6-19(3)7-9-20)14-16-32-22-10-12-23(13-11-22)33-24(5-2)25(29)30/h6-13,21,24H,4-5,14-18H2,1-3H3,(H,29,30). The number of carbonyl (C=O) groups is 2. The minimum absolute atomic E-state index is 0.0906. The predicted octanol–water partition coefficient (Wildman–Crippen LogP) is 4.72. The van der Waals surface area contributed by atoms with Gasteiger partial charge in [0.2, 0.25) is 0 Å². The normalized spacial score (nSPS) is 16.7. The van der Waals surface area contributed by atoms with Gasteiger partial charge in [0.15, 0.2) is 6.10 Å². The van der Waals surface area contributed by atoms with Crippen LogP contribution in [-0.2, 0) is 11.3 Å². The maximum Gasteiger partial charge on any atom is 0.344 e. The summed E-state index contributed by atoms with van der Waals surface area (Å²) in [5.74, 6) is 0.212. The van der Waals surface area contributed by atoms with Crippen molar-refractivity contribution < 1.29 is 24.2 Å². The second kappa shape index (κ2) is 11.6. The average molecular weight is 455 g/mol. The van der Waals surface area contributed by atoms with Gasteiger partial charge in [-0.2, -0.15) is 0 Å². The number of urea groups is 1. The number of carbonyl (C=O) groups excluding carboxylic acids is 1. The van der Waals surface area contributed by atoms with Gasteiger partial charge in [0.1, 0.15) is 11.5 Å². The van der Waals surface area contributed by atoms with Gasteiger partial charge in [0.05, 0.1) is 12.6 Å². The van der Waals surface area contributed by atoms with Crippen molar-refractivity contribution in [3.63, 3.8) is 0 Å². The average Bonchev–Trinajstić information content (AvgIpc) is 3.09. The molecule has 2 amide bonds. The van der Waals surface area contributed by atoms with Gasteiger partial charge >= 0.3 is 12.0 Å². The first-order chi connectivity index (χ1) is 15.9. The fourth-order valence-electron chi connectivity index (χ4n) is 3.98. The zero-order chi connectivity index (χ0) is 23.8. The summed E-state index contributed by atoms with van der Waals surface area (Å²) in [6, 6.07) is 15.5. The van der Waals surface area contributed by atoms with Crippen molar-refractivity contribution in [1.29, 1.82) is 0 Å². The summed E-state index contributed by atoms with van der Waals surface area (Å²) in [5, 5.41) is 9.12. The fraction of sp³-hybridized carbons (Fsp3) is 0.462. The van der Waals surface area contributed by atoms with Crippen molar-refractivity contribution in [3.05, 3.63) is 59.7 Å². The van der Waals surface area contributed by atoms with E-state index in [0.717, 1.165) is 24.9 Å². The van der Waals surface area contributed by atoms with E-state index in [1.165, 1.54) is 5.56 Å². The Morgan fingerprint density at radius 3 is 2.36 bits per heavy atom. The van der Waals surface area contributed by atoms with E-state index < -0.39 is 12.1 Å². The molecule has 2 unspecified atom stereocenters. The van der Waals surface area contributed by atoms with E-state index in [-0.39, 0.29) is 12.1 Å². The first-order valence-electron chi connectivity index (χ1n) is 11.6. The van der Waals surface area contributed by atoms with Crippen molar-refractivity contribution in [2.45, 2.75) is 58.7 Å². The highest BCUT2D eigenvalue weighted by atomic mass is 16.5. The van der Waals surface area contributed by atoms with Gasteiger partial charge in [-0.15, -0.1) is 0 Å². The highest BCUT2D eigenvalue weighted by Crippen LogP contribution is 2.23. The first kappa shape index (κ1) is 24.4. The molecule has 1 fully saturated rings. The lowest BCUT2D eigenvalue weighted by molar-refractivity contribution is -0.145. The summed E-state index contributed by atoms with van der Waals surface area (Å²) in [7, 11) is 0. The third kappa shape index (κ3) is 6.63. The Balaban J connectivity index is 1.53. The number of hydrogen-bond acceptors (Lipinski definition) is 4. The van der Waals surface area contributed by atoms with Crippen LogP contribution in [0.2, 0.25) is 0 Å². The molecule has 1 aliphatic heterocycles. The molecule has 0 saturated carbocycles. The minimum atomic E-state index is -0.975. The van der Waals surface area contributed by atoms with Crippen LogP contribution in [0.1, 0.15) is 44.2 Å². The molecule has 2 aromatic carbocycles. The molecule has 0 aromatic heterocycles. The van der Waals surface area contributed by atoms with Crippen LogP contribution in [0.4, 0.5) is 4.79 Å². The highest BCUT2D eigenvalue weighted by molar-refractivity contribution is 5.77. The fourth-order valence-corrected chi connectivity index (χ4v) is 3.98. The second-order valence-corrected chi connectivity index (χ2v) is 8.46. The number of benzene rings is 2. The molecule has 1 saturated heterocycles. The molecule has 2 atom stereocenters. The molecule has 0 radical (unpaired) electrons. The number of amides is 2. The van der Waals surface area contributed by atoms with Crippen LogP contribution < -0.4 is 9.47 Å². The van der Waals surface area contributed by atoms with E-state index in [1.807, 2.05) is 9.80 Å². The summed E-state index contributed by atoms with van der Waals surface area (Å²) < 4.78 is 11.4. The molecule has 178 valence electrons. The van der Waals surface area contributed by atoms with Gasteiger partial charge in [0.25, 0.3) is 0 Å². The van der Waals surface area contributed by atoms with Crippen molar-refractivity contribution in [1.82, 2.24) is 9.80 Å². The van der Waals surface area contributed by atoms with E-state index in [0.29, 0.717) is 37.6 Å². The Bertz CT molecular complexity index is 913. The SMILES string of the molecule is CCCN1C(=O)N(Cc2ccc(C)cc2)CC1CCOc1ccc(OC(CC)C(=O)O)cc1. The molecule has 3 rings (SSSR count). The highest BCUT2D eigenvalue weighted by Gasteiger charge is 2.36. The number of carboxylic acid groups (broad SMARTS) is 1. The molecule has 1 heterocycles. The molecule has 2 aromatic rings. The van der Waals surface area contributed by atoms with Gasteiger partial charge in [-0.1, -0.05) is 43.7 Å². The Hall–Kier alpha value is -3.22. The molecule has 7 heteroatoms. The van der Waals surface area contributed by atoms with Crippen molar-refractivity contribution in [2.75, 3.05) is 19.7 Å². The van der Waals surface area contributed by atoms with E-state index >= 15 is 0 Å². The maximum atomic E-state index is 13.0. The number of aliphatic carboxylic acids is 1. The van der Waals surface area contributed by atoms with E-state index in [4.69, 9.17) is 14.6 Å². The van der Waals surface area contributed by atoms with E-state index in [2.05, 4.69) is 38.1 Å². The number of hydrogen-bond donors (Lipinski definition) is 1. The van der Waals surface area contributed by atoms with Crippen molar-refractivity contribution in [3.8, 4) is 11.5 Å². The quantitative estimate of drug-likeness (QED) is 0.502. The number of nitrogens with zero attached hydrogens (tertiary/aromatic N) is 2. The van der Waals surface area contributed by atoms with Crippen LogP contribution in [0.15, 0.2) is 48.5 Å². The molecular weight excluding hydrogens is 420 g/mol. The van der Waals surface area contributed by atoms with Crippen molar-refractivity contribution >= 4 is 12.0 Å². The molecule has 0 aliphatic carbocycles. The molecule has 7 nitrogen and oxygen atoms in total. The Morgan fingerprint density at radius 1 is 1.09 bits per heavy atom. The molecular formula is C26H34N2O5. The number of aryl methyl sites for hydroxylation is 1. The zero-order valence-electron chi connectivity index (χ0n) is 19.7. The topological polar surface area (TPSA) is 79.3 Å². The second-order valence-electron chi connectivity index (χ2n) is 8.46. The molecule has 0 spiro atoms. The van der Waals surface area contributed by atoms with E-state index in [9.17, 15) is 9.59 Å². The zero-order valence-corrected chi connectivity index (χ0v) is 19.7. The third-order valence-electron chi connectivity index (χ3n) is 5.81. The summed E-state index contributed by atoms with van der Waals surface area (Å²) in [6.45, 7) is 8.45. The summed E-state index contributed by atoms with van der Waals surface area (Å²) >= 11 is 0. The summed E-state index contributed by atoms with van der Waals surface area (Å²) in [5.41, 5.74) is 2.35. The van der Waals surface area contributed by atoms with Gasteiger partial charge in [-0.05, 0) is 49.6 Å². The van der Waals surface area contributed by atoms with Crippen LogP contribution >= 0.6 is 0 Å². The lowest BCUT2D eigenvalue weighted by atomic mass is 10.1. The van der Waals surface area contributed by atoms with Crippen LogP contribution in [0.25, 0.3) is 0 Å². The number of ether oxygens (including phenoxy) is 2. The Labute approximate surface area is 195 Å². The van der Waals surface area contributed by atoms with E-state index in [1.54, 1.807) is 31.2 Å². The van der Waals surface area contributed by atoms with Gasteiger partial charge in [0, 0.05) is 26.1 Å². The molecule has 1 N–H and O–H groups in total. The first-order valence-corrected chi connectivity index (χ1v) is 11.6. The maximum absolute atomic E-state index is 13.0. The number of rotatable bonds is 12. The van der Waals surface area contributed by atoms with Gasteiger partial charge in [-0.25, -0.2) is 9.59 Å². The lowest BCUT2D eigenvalue weighted by Gasteiger charge is -2.22. The Kier molecular flexibility index (Phi) is 8.58. The third-order valence-corrected chi connectivity index (χ3v) is 5.81. The largest absolute Gasteiger partial charge is 0.494 e. The lowest BCUT2D eigenvalue weighted by Crippen LogP contribution is -2.36. The molecule has 1 aliphatic rings. The van der Waals surface area contributed by atoms with Crippen LogP contribution in [0.3, 0.4) is 0 Å². The minimum Gasteiger partial charge on any atom is -0.494 e. The smallest absolute Gasteiger partial charge is 0.344 e. The molecule has 0 bridgehead atoms. The van der Waals surface area contributed by atoms with Crippen LogP contribution in [-0.4, -0.2) is 58.7 Å². The summed E-state index contributed by atoms with van der Waals surface area (Å²) in [6.07, 6.45) is 1.19. The monoisotopic (exact) mass is 454 g/mol. The van der Waals surface area contributed by atoms with Crippen molar-refractivity contribution in [2.24, 2.45) is 0 Å². The Morgan fingerprint density at radius 2 is 1.76 bits per heavy atom. The van der Waals surface area contributed by atoms with Crippen LogP contribution in [0, 0.1) is 6.92 Å². The van der Waals surface area contributed by atoms with Gasteiger partial charge in [-0.3, -0.25) is 0 Å². The predicted molar refractivity (Wildman–Crippen MR) is 127 cm³/mol. The van der Waals surface area contributed by atoms with Crippen LogP contribution in [0.5, 0.6) is 11.5 Å². The number of carboxylic acids is 1. The summed E-state index contributed by atoms with van der Waals surface area (Å²) in [4.78, 5) is 28.0. The van der Waals surface area contributed by atoms with Gasteiger partial charge < -0.3 is 24.4 Å². The molecule has 33 heavy (non-hydrogen) atoms.